The maximum absolute atomic E-state index is 5.75. The highest BCUT2D eigenvalue weighted by Crippen LogP contribution is 2.21. The Morgan fingerprint density at radius 2 is 2.15 bits per heavy atom. The second-order valence-corrected chi connectivity index (χ2v) is 4.00. The van der Waals surface area contributed by atoms with E-state index in [2.05, 4.69) is 25.9 Å². The molecule has 2 aromatic rings. The fourth-order valence-electron chi connectivity index (χ4n) is 1.11. The Bertz CT molecular complexity index is 470. The molecule has 0 radical (unpaired) electrons. The SMILES string of the molecule is Cc1nc2cc(Cl)ncc2cc1Br. The second kappa shape index (κ2) is 3.24. The van der Waals surface area contributed by atoms with Gasteiger partial charge in [-0.2, -0.15) is 0 Å². The van der Waals surface area contributed by atoms with Crippen LogP contribution in [0.25, 0.3) is 10.9 Å². The zero-order chi connectivity index (χ0) is 9.42. The van der Waals surface area contributed by atoms with Crippen molar-refractivity contribution in [2.45, 2.75) is 6.92 Å². The third kappa shape index (κ3) is 1.67. The predicted molar refractivity (Wildman–Crippen MR) is 57.0 cm³/mol. The zero-order valence-corrected chi connectivity index (χ0v) is 9.22. The van der Waals surface area contributed by atoms with Crippen molar-refractivity contribution in [3.63, 3.8) is 0 Å². The smallest absolute Gasteiger partial charge is 0.131 e. The standard InChI is InChI=1S/C9H6BrClN2/c1-5-7(10)2-6-4-12-9(11)3-8(6)13-5/h2-4H,1H3. The first kappa shape index (κ1) is 8.91. The van der Waals surface area contributed by atoms with E-state index in [-0.39, 0.29) is 0 Å². The Hall–Kier alpha value is -0.670. The molecule has 0 saturated carbocycles. The Labute approximate surface area is 89.1 Å². The summed E-state index contributed by atoms with van der Waals surface area (Å²) in [5.74, 6) is 0. The summed E-state index contributed by atoms with van der Waals surface area (Å²) in [6.45, 7) is 1.94. The lowest BCUT2D eigenvalue weighted by atomic mass is 10.2. The van der Waals surface area contributed by atoms with Crippen LogP contribution in [0.4, 0.5) is 0 Å². The Kier molecular flexibility index (Phi) is 2.22. The zero-order valence-electron chi connectivity index (χ0n) is 6.88. The maximum atomic E-state index is 5.75. The summed E-state index contributed by atoms with van der Waals surface area (Å²) in [4.78, 5) is 8.35. The average molecular weight is 258 g/mol. The van der Waals surface area contributed by atoms with Crippen molar-refractivity contribution in [2.24, 2.45) is 0 Å². The minimum Gasteiger partial charge on any atom is -0.252 e. The van der Waals surface area contributed by atoms with Gasteiger partial charge in [0.1, 0.15) is 5.15 Å². The highest BCUT2D eigenvalue weighted by Gasteiger charge is 2.01. The summed E-state index contributed by atoms with van der Waals surface area (Å²) < 4.78 is 0.990. The molecule has 0 aliphatic rings. The molecule has 0 bridgehead atoms. The van der Waals surface area contributed by atoms with Crippen LogP contribution in [0, 0.1) is 6.92 Å². The van der Waals surface area contributed by atoms with Gasteiger partial charge in [0.15, 0.2) is 0 Å². The molecule has 0 saturated heterocycles. The average Bonchev–Trinajstić information content (AvgIpc) is 2.08. The van der Waals surface area contributed by atoms with Gasteiger partial charge in [0.25, 0.3) is 0 Å². The van der Waals surface area contributed by atoms with E-state index in [1.165, 1.54) is 0 Å². The first-order valence-corrected chi connectivity index (χ1v) is 4.92. The summed E-state index contributed by atoms with van der Waals surface area (Å²) in [7, 11) is 0. The molecule has 13 heavy (non-hydrogen) atoms. The van der Waals surface area contributed by atoms with Crippen molar-refractivity contribution in [3.05, 3.63) is 33.6 Å². The van der Waals surface area contributed by atoms with Gasteiger partial charge in [-0.25, -0.2) is 4.98 Å². The number of rotatable bonds is 0. The van der Waals surface area contributed by atoms with Crippen LogP contribution in [-0.2, 0) is 0 Å². The normalized spacial score (nSPS) is 10.7. The molecular weight excluding hydrogens is 251 g/mol. The van der Waals surface area contributed by atoms with Crippen LogP contribution >= 0.6 is 27.5 Å². The van der Waals surface area contributed by atoms with Gasteiger partial charge < -0.3 is 0 Å². The van der Waals surface area contributed by atoms with Gasteiger partial charge in [-0.15, -0.1) is 0 Å². The van der Waals surface area contributed by atoms with Gasteiger partial charge in [0.2, 0.25) is 0 Å². The first-order valence-electron chi connectivity index (χ1n) is 3.75. The highest BCUT2D eigenvalue weighted by atomic mass is 79.9. The van der Waals surface area contributed by atoms with Crippen LogP contribution in [0.2, 0.25) is 5.15 Å². The van der Waals surface area contributed by atoms with Crippen LogP contribution in [0.3, 0.4) is 0 Å². The first-order chi connectivity index (χ1) is 6.16. The van der Waals surface area contributed by atoms with Crippen LogP contribution in [-0.4, -0.2) is 9.97 Å². The summed E-state index contributed by atoms with van der Waals surface area (Å²) in [6, 6.07) is 3.75. The molecule has 0 atom stereocenters. The van der Waals surface area contributed by atoms with E-state index in [4.69, 9.17) is 11.6 Å². The molecule has 0 aromatic carbocycles. The summed E-state index contributed by atoms with van der Waals surface area (Å²) in [5.41, 5.74) is 1.83. The lowest BCUT2D eigenvalue weighted by molar-refractivity contribution is 1.22. The van der Waals surface area contributed by atoms with Crippen LogP contribution < -0.4 is 0 Å². The van der Waals surface area contributed by atoms with Crippen molar-refractivity contribution in [1.29, 1.82) is 0 Å². The number of fused-ring (bicyclic) bond motifs is 1. The van der Waals surface area contributed by atoms with E-state index in [0.29, 0.717) is 5.15 Å². The molecule has 0 aliphatic heterocycles. The minimum atomic E-state index is 0.474. The van der Waals surface area contributed by atoms with Crippen LogP contribution in [0.1, 0.15) is 5.69 Å². The molecule has 0 aliphatic carbocycles. The number of aryl methyl sites for hydroxylation is 1. The molecule has 0 fully saturated rings. The van der Waals surface area contributed by atoms with E-state index in [9.17, 15) is 0 Å². The molecule has 66 valence electrons. The van der Waals surface area contributed by atoms with Gasteiger partial charge in [0.05, 0.1) is 11.2 Å². The van der Waals surface area contributed by atoms with Gasteiger partial charge in [0, 0.05) is 22.1 Å². The van der Waals surface area contributed by atoms with Crippen LogP contribution in [0.5, 0.6) is 0 Å². The molecule has 2 nitrogen and oxygen atoms in total. The number of halogens is 2. The molecule has 0 spiro atoms. The quantitative estimate of drug-likeness (QED) is 0.676. The van der Waals surface area contributed by atoms with Crippen molar-refractivity contribution in [2.75, 3.05) is 0 Å². The maximum Gasteiger partial charge on any atom is 0.131 e. The molecule has 0 unspecified atom stereocenters. The Morgan fingerprint density at radius 3 is 2.92 bits per heavy atom. The Morgan fingerprint density at radius 1 is 1.38 bits per heavy atom. The summed E-state index contributed by atoms with van der Waals surface area (Å²) in [6.07, 6.45) is 1.72. The highest BCUT2D eigenvalue weighted by molar-refractivity contribution is 9.10. The van der Waals surface area contributed by atoms with Crippen molar-refractivity contribution >= 4 is 38.4 Å². The number of aromatic nitrogens is 2. The molecule has 0 amide bonds. The lowest BCUT2D eigenvalue weighted by Gasteiger charge is -2.00. The van der Waals surface area contributed by atoms with Gasteiger partial charge in [-0.3, -0.25) is 4.98 Å². The topological polar surface area (TPSA) is 25.8 Å². The predicted octanol–water partition coefficient (Wildman–Crippen LogP) is 3.35. The largest absolute Gasteiger partial charge is 0.252 e. The fourth-order valence-corrected chi connectivity index (χ4v) is 1.60. The van der Waals surface area contributed by atoms with E-state index >= 15 is 0 Å². The number of hydrogen-bond acceptors (Lipinski definition) is 2. The third-order valence-electron chi connectivity index (χ3n) is 1.79. The third-order valence-corrected chi connectivity index (χ3v) is 2.80. The summed E-state index contributed by atoms with van der Waals surface area (Å²) in [5, 5.41) is 1.46. The fraction of sp³-hybridized carbons (Fsp3) is 0.111. The molecule has 4 heteroatoms. The number of pyridine rings is 2. The van der Waals surface area contributed by atoms with Gasteiger partial charge in [-0.05, 0) is 28.9 Å². The van der Waals surface area contributed by atoms with Gasteiger partial charge in [-0.1, -0.05) is 11.6 Å². The molecule has 2 rings (SSSR count). The van der Waals surface area contributed by atoms with E-state index < -0.39 is 0 Å². The van der Waals surface area contributed by atoms with E-state index in [0.717, 1.165) is 21.1 Å². The lowest BCUT2D eigenvalue weighted by Crippen LogP contribution is -1.86. The second-order valence-electron chi connectivity index (χ2n) is 2.76. The number of hydrogen-bond donors (Lipinski definition) is 0. The molecule has 2 heterocycles. The number of nitrogens with zero attached hydrogens (tertiary/aromatic N) is 2. The van der Waals surface area contributed by atoms with E-state index in [1.54, 1.807) is 12.3 Å². The molecule has 0 N–H and O–H groups in total. The summed E-state index contributed by atoms with van der Waals surface area (Å²) >= 11 is 9.16. The molecule has 2 aromatic heterocycles. The van der Waals surface area contributed by atoms with Gasteiger partial charge >= 0.3 is 0 Å². The van der Waals surface area contributed by atoms with Crippen LogP contribution in [0.15, 0.2) is 22.8 Å². The minimum absolute atomic E-state index is 0.474. The van der Waals surface area contributed by atoms with Crippen molar-refractivity contribution < 1.29 is 0 Å². The molecular formula is C9H6BrClN2. The van der Waals surface area contributed by atoms with Crippen molar-refractivity contribution in [3.8, 4) is 0 Å². The Balaban J connectivity index is 2.81. The van der Waals surface area contributed by atoms with E-state index in [1.807, 2.05) is 13.0 Å². The monoisotopic (exact) mass is 256 g/mol. The van der Waals surface area contributed by atoms with Crippen molar-refractivity contribution in [1.82, 2.24) is 9.97 Å².